The second-order valence-corrected chi connectivity index (χ2v) is 6.18. The van der Waals surface area contributed by atoms with Gasteiger partial charge in [0.15, 0.2) is 5.76 Å². The molecule has 4 nitrogen and oxygen atoms in total. The highest BCUT2D eigenvalue weighted by atomic mass is 35.5. The van der Waals surface area contributed by atoms with Crippen molar-refractivity contribution in [3.63, 3.8) is 0 Å². The third-order valence-electron chi connectivity index (χ3n) is 4.06. The average Bonchev–Trinajstić information content (AvgIpc) is 3.06. The molecule has 1 aliphatic heterocycles. The molecule has 0 radical (unpaired) electrons. The fraction of sp³-hybridized carbons (Fsp3) is 0.389. The van der Waals surface area contributed by atoms with Crippen molar-refractivity contribution >= 4 is 17.5 Å². The summed E-state index contributed by atoms with van der Waals surface area (Å²) in [4.78, 5) is 12.1. The first-order chi connectivity index (χ1) is 11.2. The van der Waals surface area contributed by atoms with Gasteiger partial charge in [-0.25, -0.2) is 0 Å². The van der Waals surface area contributed by atoms with Gasteiger partial charge in [0.25, 0.3) is 5.91 Å². The molecule has 1 N–H and O–H groups in total. The van der Waals surface area contributed by atoms with Crippen LogP contribution in [0.15, 0.2) is 40.8 Å². The lowest BCUT2D eigenvalue weighted by molar-refractivity contribution is 0.0513. The minimum absolute atomic E-state index is 0.194. The number of halogens is 1. The number of ether oxygens (including phenoxy) is 1. The molecule has 2 aromatic rings. The lowest BCUT2D eigenvalue weighted by atomic mass is 9.99. The molecule has 0 aliphatic carbocycles. The van der Waals surface area contributed by atoms with Crippen LogP contribution in [-0.4, -0.2) is 25.7 Å². The highest BCUT2D eigenvalue weighted by molar-refractivity contribution is 6.33. The summed E-state index contributed by atoms with van der Waals surface area (Å²) in [6.07, 6.45) is 3.22. The van der Waals surface area contributed by atoms with Crippen molar-refractivity contribution < 1.29 is 13.9 Å². The first kappa shape index (κ1) is 16.1. The summed E-state index contributed by atoms with van der Waals surface area (Å²) in [5.41, 5.74) is 0.785. The second-order valence-electron chi connectivity index (χ2n) is 5.77. The van der Waals surface area contributed by atoms with Crippen LogP contribution < -0.4 is 5.32 Å². The summed E-state index contributed by atoms with van der Waals surface area (Å²) in [5.74, 6) is 1.25. The third kappa shape index (κ3) is 4.15. The highest BCUT2D eigenvalue weighted by Gasteiger charge is 2.16. The van der Waals surface area contributed by atoms with Gasteiger partial charge in [0.05, 0.1) is 5.02 Å². The topological polar surface area (TPSA) is 51.5 Å². The number of furan rings is 1. The predicted molar refractivity (Wildman–Crippen MR) is 89.6 cm³/mol. The Balaban J connectivity index is 1.55. The van der Waals surface area contributed by atoms with Crippen LogP contribution in [-0.2, 0) is 4.74 Å². The van der Waals surface area contributed by atoms with Crippen LogP contribution in [0.3, 0.4) is 0 Å². The van der Waals surface area contributed by atoms with E-state index in [0.29, 0.717) is 29.0 Å². The van der Waals surface area contributed by atoms with Crippen molar-refractivity contribution in [1.29, 1.82) is 0 Å². The van der Waals surface area contributed by atoms with Crippen molar-refractivity contribution in [2.45, 2.75) is 19.3 Å². The molecule has 23 heavy (non-hydrogen) atoms. The molecule has 1 aromatic carbocycles. The molecule has 3 rings (SSSR count). The molecule has 122 valence electrons. The Bertz CT molecular complexity index is 662. The van der Waals surface area contributed by atoms with E-state index >= 15 is 0 Å². The van der Waals surface area contributed by atoms with Gasteiger partial charge in [-0.2, -0.15) is 0 Å². The third-order valence-corrected chi connectivity index (χ3v) is 4.39. The molecular weight excluding hydrogens is 314 g/mol. The maximum Gasteiger partial charge on any atom is 0.287 e. The summed E-state index contributed by atoms with van der Waals surface area (Å²) in [6.45, 7) is 2.29. The Morgan fingerprint density at radius 1 is 1.26 bits per heavy atom. The van der Waals surface area contributed by atoms with Crippen LogP contribution >= 0.6 is 11.6 Å². The smallest absolute Gasteiger partial charge is 0.287 e. The first-order valence-corrected chi connectivity index (χ1v) is 8.32. The monoisotopic (exact) mass is 333 g/mol. The van der Waals surface area contributed by atoms with Gasteiger partial charge in [0.2, 0.25) is 0 Å². The van der Waals surface area contributed by atoms with Gasteiger partial charge >= 0.3 is 0 Å². The summed E-state index contributed by atoms with van der Waals surface area (Å²) in [6, 6.07) is 10.9. The second kappa shape index (κ2) is 7.66. The maximum absolute atomic E-state index is 12.1. The van der Waals surface area contributed by atoms with Crippen LogP contribution in [0, 0.1) is 5.92 Å². The number of nitrogens with one attached hydrogen (secondary N) is 1. The molecule has 0 bridgehead atoms. The molecule has 1 saturated heterocycles. The van der Waals surface area contributed by atoms with Crippen molar-refractivity contribution in [3.8, 4) is 11.3 Å². The van der Waals surface area contributed by atoms with Crippen LogP contribution in [0.2, 0.25) is 5.02 Å². The van der Waals surface area contributed by atoms with E-state index in [1.807, 2.05) is 18.2 Å². The van der Waals surface area contributed by atoms with E-state index in [0.717, 1.165) is 31.6 Å². The van der Waals surface area contributed by atoms with Crippen LogP contribution in [0.25, 0.3) is 11.3 Å². The fourth-order valence-corrected chi connectivity index (χ4v) is 3.01. The average molecular weight is 334 g/mol. The molecule has 2 heterocycles. The lowest BCUT2D eigenvalue weighted by Gasteiger charge is -2.21. The van der Waals surface area contributed by atoms with Crippen molar-refractivity contribution in [3.05, 3.63) is 47.2 Å². The predicted octanol–water partition coefficient (Wildman–Crippen LogP) is 4.15. The van der Waals surface area contributed by atoms with Crippen LogP contribution in [0.1, 0.15) is 29.8 Å². The molecule has 1 atom stereocenters. The zero-order valence-corrected chi connectivity index (χ0v) is 13.6. The number of carbonyl (C=O) groups excluding carboxylic acids is 1. The Kier molecular flexibility index (Phi) is 5.36. The van der Waals surface area contributed by atoms with E-state index in [-0.39, 0.29) is 5.91 Å². The normalized spacial score (nSPS) is 17.9. The largest absolute Gasteiger partial charge is 0.451 e. The van der Waals surface area contributed by atoms with Gasteiger partial charge in [0.1, 0.15) is 5.76 Å². The number of amides is 1. The van der Waals surface area contributed by atoms with Gasteiger partial charge in [-0.05, 0) is 49.4 Å². The molecule has 5 heteroatoms. The van der Waals surface area contributed by atoms with E-state index < -0.39 is 0 Å². The molecule has 1 unspecified atom stereocenters. The van der Waals surface area contributed by atoms with Crippen LogP contribution in [0.4, 0.5) is 0 Å². The van der Waals surface area contributed by atoms with E-state index in [2.05, 4.69) is 5.32 Å². The molecule has 1 amide bonds. The standard InChI is InChI=1S/C18H20ClNO3/c19-15-6-2-1-5-14(15)16-7-8-17(23-16)18(21)20-10-9-13-4-3-11-22-12-13/h1-2,5-8,13H,3-4,9-12H2,(H,20,21). The van der Waals surface area contributed by atoms with Crippen molar-refractivity contribution in [1.82, 2.24) is 5.32 Å². The van der Waals surface area contributed by atoms with Gasteiger partial charge in [-0.15, -0.1) is 0 Å². The quantitative estimate of drug-likeness (QED) is 0.894. The SMILES string of the molecule is O=C(NCCC1CCCOC1)c1ccc(-c2ccccc2Cl)o1. The Hall–Kier alpha value is -1.78. The van der Waals surface area contributed by atoms with E-state index in [1.54, 1.807) is 18.2 Å². The molecule has 0 saturated carbocycles. The number of benzene rings is 1. The zero-order chi connectivity index (χ0) is 16.1. The molecule has 1 aliphatic rings. The minimum atomic E-state index is -0.194. The van der Waals surface area contributed by atoms with E-state index in [4.69, 9.17) is 20.8 Å². The number of rotatable bonds is 5. The summed E-state index contributed by atoms with van der Waals surface area (Å²) >= 11 is 6.14. The molecule has 1 aromatic heterocycles. The van der Waals surface area contributed by atoms with E-state index in [1.165, 1.54) is 6.42 Å². The number of hydrogen-bond acceptors (Lipinski definition) is 3. The minimum Gasteiger partial charge on any atom is -0.451 e. The summed E-state index contributed by atoms with van der Waals surface area (Å²) in [5, 5.41) is 3.51. The van der Waals surface area contributed by atoms with Gasteiger partial charge < -0.3 is 14.5 Å². The van der Waals surface area contributed by atoms with Crippen molar-refractivity contribution in [2.75, 3.05) is 19.8 Å². The zero-order valence-electron chi connectivity index (χ0n) is 12.9. The molecule has 0 spiro atoms. The maximum atomic E-state index is 12.1. The van der Waals surface area contributed by atoms with Gasteiger partial charge in [-0.1, -0.05) is 23.7 Å². The fourth-order valence-electron chi connectivity index (χ4n) is 2.78. The van der Waals surface area contributed by atoms with Crippen LogP contribution in [0.5, 0.6) is 0 Å². The highest BCUT2D eigenvalue weighted by Crippen LogP contribution is 2.29. The summed E-state index contributed by atoms with van der Waals surface area (Å²) in [7, 11) is 0. The first-order valence-electron chi connectivity index (χ1n) is 7.95. The Morgan fingerprint density at radius 2 is 2.13 bits per heavy atom. The summed E-state index contributed by atoms with van der Waals surface area (Å²) < 4.78 is 11.1. The number of hydrogen-bond donors (Lipinski definition) is 1. The Morgan fingerprint density at radius 3 is 2.91 bits per heavy atom. The number of carbonyl (C=O) groups is 1. The molecule has 1 fully saturated rings. The van der Waals surface area contributed by atoms with Gasteiger partial charge in [-0.3, -0.25) is 4.79 Å². The van der Waals surface area contributed by atoms with E-state index in [9.17, 15) is 4.79 Å². The van der Waals surface area contributed by atoms with Gasteiger partial charge in [0, 0.05) is 25.3 Å². The molecular formula is C18H20ClNO3. The Labute approximate surface area is 140 Å². The van der Waals surface area contributed by atoms with Crippen molar-refractivity contribution in [2.24, 2.45) is 5.92 Å². The lowest BCUT2D eigenvalue weighted by Crippen LogP contribution is -2.27.